The predicted molar refractivity (Wildman–Crippen MR) is 130 cm³/mol. The highest BCUT2D eigenvalue weighted by Crippen LogP contribution is 2.74. The van der Waals surface area contributed by atoms with Crippen molar-refractivity contribution in [2.24, 2.45) is 33.5 Å². The highest BCUT2D eigenvalue weighted by molar-refractivity contribution is 5.94. The molecule has 5 rings (SSSR count). The predicted octanol–water partition coefficient (Wildman–Crippen LogP) is 4.77. The number of ether oxygens (including phenoxy) is 1. The quantitative estimate of drug-likeness (QED) is 0.578. The van der Waals surface area contributed by atoms with Gasteiger partial charge in [-0.2, -0.15) is 0 Å². The number of fused-ring (bicyclic) bond motifs is 5. The molecule has 5 heteroatoms. The molecule has 0 amide bonds. The molecule has 3 fully saturated rings. The van der Waals surface area contributed by atoms with Crippen LogP contribution in [0.2, 0.25) is 0 Å². The molecule has 9 unspecified atom stereocenters. The number of ketones is 2. The number of rotatable bonds is 3. The lowest BCUT2D eigenvalue weighted by Gasteiger charge is -2.61. The van der Waals surface area contributed by atoms with Gasteiger partial charge in [-0.3, -0.25) is 9.59 Å². The van der Waals surface area contributed by atoms with Gasteiger partial charge in [-0.05, 0) is 69.1 Å². The van der Waals surface area contributed by atoms with Crippen molar-refractivity contribution in [3.8, 4) is 0 Å². The number of aliphatic hydroxyl groups is 2. The van der Waals surface area contributed by atoms with Crippen molar-refractivity contribution in [3.05, 3.63) is 11.1 Å². The van der Waals surface area contributed by atoms with Gasteiger partial charge >= 0.3 is 0 Å². The van der Waals surface area contributed by atoms with Crippen LogP contribution >= 0.6 is 0 Å². The molecule has 5 aliphatic rings. The molecule has 34 heavy (non-hydrogen) atoms. The third-order valence-electron chi connectivity index (χ3n) is 12.2. The molecule has 190 valence electrons. The molecule has 0 aromatic heterocycles. The summed E-state index contributed by atoms with van der Waals surface area (Å²) in [5.41, 5.74) is 0.447. The summed E-state index contributed by atoms with van der Waals surface area (Å²) in [5, 5.41) is 20.9. The van der Waals surface area contributed by atoms with Gasteiger partial charge in [-0.25, -0.2) is 0 Å². The van der Waals surface area contributed by atoms with Gasteiger partial charge in [0.1, 0.15) is 11.6 Å². The summed E-state index contributed by atoms with van der Waals surface area (Å²) in [6, 6.07) is 0. The summed E-state index contributed by atoms with van der Waals surface area (Å²) in [7, 11) is 0. The largest absolute Gasteiger partial charge is 0.395 e. The van der Waals surface area contributed by atoms with Crippen molar-refractivity contribution in [1.82, 2.24) is 0 Å². The fourth-order valence-corrected chi connectivity index (χ4v) is 9.74. The molecule has 4 aliphatic carbocycles. The van der Waals surface area contributed by atoms with Gasteiger partial charge < -0.3 is 14.9 Å². The van der Waals surface area contributed by atoms with E-state index < -0.39 is 22.5 Å². The zero-order valence-corrected chi connectivity index (χ0v) is 22.0. The second-order valence-corrected chi connectivity index (χ2v) is 13.2. The minimum atomic E-state index is -0.694. The molecular formula is C29H44O5. The topological polar surface area (TPSA) is 83.8 Å². The minimum absolute atomic E-state index is 0.0990. The summed E-state index contributed by atoms with van der Waals surface area (Å²) >= 11 is 0. The van der Waals surface area contributed by atoms with E-state index in [-0.39, 0.29) is 41.2 Å². The number of hydrogen-bond acceptors (Lipinski definition) is 5. The Labute approximate surface area is 204 Å². The Morgan fingerprint density at radius 3 is 2.38 bits per heavy atom. The number of carbonyl (C=O) groups excluding carboxylic acids is 2. The number of aliphatic hydroxyl groups excluding tert-OH is 2. The van der Waals surface area contributed by atoms with Crippen LogP contribution in [0.5, 0.6) is 0 Å². The van der Waals surface area contributed by atoms with Crippen LogP contribution in [-0.2, 0) is 14.3 Å². The van der Waals surface area contributed by atoms with E-state index in [0.29, 0.717) is 25.0 Å². The smallest absolute Gasteiger partial charge is 0.146 e. The van der Waals surface area contributed by atoms with Crippen molar-refractivity contribution < 1.29 is 24.5 Å². The first-order chi connectivity index (χ1) is 15.9. The van der Waals surface area contributed by atoms with E-state index in [9.17, 15) is 19.8 Å². The average molecular weight is 473 g/mol. The van der Waals surface area contributed by atoms with E-state index in [0.717, 1.165) is 38.5 Å². The van der Waals surface area contributed by atoms with E-state index in [4.69, 9.17) is 4.74 Å². The number of Topliss-reactive ketones (excluding diaryl/α,β-unsaturated/α-hetero) is 2. The van der Waals surface area contributed by atoms with Crippen molar-refractivity contribution >= 4 is 11.6 Å². The maximum Gasteiger partial charge on any atom is 0.146 e. The third-order valence-corrected chi connectivity index (χ3v) is 12.2. The van der Waals surface area contributed by atoms with E-state index in [1.54, 1.807) is 0 Å². The summed E-state index contributed by atoms with van der Waals surface area (Å²) in [6.45, 7) is 12.8. The van der Waals surface area contributed by atoms with Gasteiger partial charge in [0.05, 0.1) is 35.2 Å². The number of hydrogen-bond donors (Lipinski definition) is 2. The second kappa shape index (κ2) is 7.49. The van der Waals surface area contributed by atoms with E-state index in [1.807, 2.05) is 13.8 Å². The molecule has 1 saturated heterocycles. The molecule has 9 atom stereocenters. The van der Waals surface area contributed by atoms with Crippen LogP contribution in [0, 0.1) is 33.5 Å². The Kier molecular flexibility index (Phi) is 5.43. The highest BCUT2D eigenvalue weighted by atomic mass is 16.5. The number of allylic oxidation sites excluding steroid dienone is 2. The summed E-state index contributed by atoms with van der Waals surface area (Å²) in [6.07, 6.45) is 6.00. The summed E-state index contributed by atoms with van der Waals surface area (Å²) < 4.78 is 6.79. The third kappa shape index (κ3) is 2.62. The first-order valence-electron chi connectivity index (χ1n) is 13.6. The molecule has 5 nitrogen and oxygen atoms in total. The number of carbonyl (C=O) groups is 2. The van der Waals surface area contributed by atoms with Crippen LogP contribution in [0.3, 0.4) is 0 Å². The van der Waals surface area contributed by atoms with Crippen molar-refractivity contribution in [3.63, 3.8) is 0 Å². The normalized spacial score (nSPS) is 51.5. The van der Waals surface area contributed by atoms with Gasteiger partial charge in [0.2, 0.25) is 0 Å². The fraction of sp³-hybridized carbons (Fsp3) is 0.862. The summed E-state index contributed by atoms with van der Waals surface area (Å²) in [5.74, 6) is 0.820. The first-order valence-corrected chi connectivity index (χ1v) is 13.6. The van der Waals surface area contributed by atoms with Crippen LogP contribution in [0.4, 0.5) is 0 Å². The molecule has 0 aromatic carbocycles. The van der Waals surface area contributed by atoms with Crippen LogP contribution in [0.25, 0.3) is 0 Å². The van der Waals surface area contributed by atoms with E-state index in [1.165, 1.54) is 11.1 Å². The Morgan fingerprint density at radius 1 is 1.03 bits per heavy atom. The standard InChI is InChI=1S/C29H44O5/c1-7-20(31)21-14-17(2)29(34-21)15-24(33)28(6)19-8-9-22-25(3,18(19)10-13-27(28,29)5)12-11-23(32)26(22,4)16-30/h17,20-22,30-31H,7-16H2,1-6H3. The van der Waals surface area contributed by atoms with Crippen LogP contribution in [0.1, 0.15) is 99.3 Å². The monoisotopic (exact) mass is 472 g/mol. The Morgan fingerprint density at radius 2 is 1.74 bits per heavy atom. The van der Waals surface area contributed by atoms with Crippen LogP contribution < -0.4 is 0 Å². The van der Waals surface area contributed by atoms with Gasteiger partial charge in [0.15, 0.2) is 0 Å². The zero-order valence-electron chi connectivity index (χ0n) is 22.0. The molecule has 1 aliphatic heterocycles. The average Bonchev–Trinajstić information content (AvgIpc) is 3.23. The SMILES string of the molecule is CCC(O)C1CC(C)C2(CC(=O)C3(C)C4=C(CCC32C)C2(C)CCC(=O)C(C)(CO)C2CC4)O1. The fourth-order valence-electron chi connectivity index (χ4n) is 9.74. The van der Waals surface area contributed by atoms with Crippen molar-refractivity contribution in [2.75, 3.05) is 6.61 Å². The van der Waals surface area contributed by atoms with E-state index >= 15 is 0 Å². The summed E-state index contributed by atoms with van der Waals surface area (Å²) in [4.78, 5) is 27.0. The Bertz CT molecular complexity index is 954. The lowest BCUT2D eigenvalue weighted by Crippen LogP contribution is -2.59. The second-order valence-electron chi connectivity index (χ2n) is 13.2. The van der Waals surface area contributed by atoms with Crippen molar-refractivity contribution in [1.29, 1.82) is 0 Å². The maximum atomic E-state index is 14.1. The molecule has 0 radical (unpaired) electrons. The van der Waals surface area contributed by atoms with Gasteiger partial charge in [0.25, 0.3) is 0 Å². The lowest BCUT2D eigenvalue weighted by molar-refractivity contribution is -0.168. The molecule has 2 N–H and O–H groups in total. The van der Waals surface area contributed by atoms with Gasteiger partial charge in [-0.1, -0.05) is 45.8 Å². The van der Waals surface area contributed by atoms with Crippen molar-refractivity contribution in [2.45, 2.75) is 117 Å². The van der Waals surface area contributed by atoms with Crippen LogP contribution in [0.15, 0.2) is 11.1 Å². The molecule has 0 aromatic rings. The molecule has 1 heterocycles. The zero-order chi connectivity index (χ0) is 24.9. The van der Waals surface area contributed by atoms with Gasteiger partial charge in [0, 0.05) is 18.3 Å². The lowest BCUT2D eigenvalue weighted by atomic mass is 9.43. The molecule has 2 saturated carbocycles. The minimum Gasteiger partial charge on any atom is -0.395 e. The Balaban J connectivity index is 1.61. The maximum absolute atomic E-state index is 14.1. The molecular weight excluding hydrogens is 428 g/mol. The van der Waals surface area contributed by atoms with Crippen LogP contribution in [-0.4, -0.2) is 46.2 Å². The molecule has 1 spiro atoms. The first kappa shape index (κ1) is 24.6. The van der Waals surface area contributed by atoms with Gasteiger partial charge in [-0.15, -0.1) is 0 Å². The Hall–Kier alpha value is -1.04. The molecule has 0 bridgehead atoms. The highest BCUT2D eigenvalue weighted by Gasteiger charge is 2.75. The van der Waals surface area contributed by atoms with E-state index in [2.05, 4.69) is 27.7 Å².